The molecule has 0 saturated carbocycles. The van der Waals surface area contributed by atoms with Gasteiger partial charge in [0.2, 0.25) is 0 Å². The van der Waals surface area contributed by atoms with Crippen molar-refractivity contribution in [3.8, 4) is 0 Å². The average Bonchev–Trinajstić information content (AvgIpc) is 2.93. The number of carbonyl (C=O) groups excluding carboxylic acids is 1. The number of fused-ring (bicyclic) bond motifs is 3. The number of aryl methyl sites for hydroxylation is 1. The maximum Gasteiger partial charge on any atom is 0.282 e. The minimum absolute atomic E-state index is 0.00378. The van der Waals surface area contributed by atoms with Gasteiger partial charge in [-0.25, -0.2) is 0 Å². The lowest BCUT2D eigenvalue weighted by atomic mass is 9.88. The van der Waals surface area contributed by atoms with Crippen molar-refractivity contribution in [3.05, 3.63) is 68.2 Å². The Hall–Kier alpha value is -2.44. The van der Waals surface area contributed by atoms with E-state index < -0.39 is 4.92 Å². The van der Waals surface area contributed by atoms with E-state index in [1.54, 1.807) is 4.90 Å². The van der Waals surface area contributed by atoms with Gasteiger partial charge in [-0.15, -0.1) is 0 Å². The van der Waals surface area contributed by atoms with Gasteiger partial charge in [0.25, 0.3) is 11.6 Å². The number of likely N-dealkylation sites (N-methyl/N-ethyl adjacent to an activating group) is 1. The normalized spacial score (nSPS) is 21.7. The third-order valence-electron chi connectivity index (χ3n) is 5.56. The number of benzene rings is 2. The summed E-state index contributed by atoms with van der Waals surface area (Å²) in [5, 5.41) is 11.8. The number of amides is 1. The molecule has 27 heavy (non-hydrogen) atoms. The lowest BCUT2D eigenvalue weighted by Gasteiger charge is -2.36. The van der Waals surface area contributed by atoms with Crippen LogP contribution in [0.5, 0.6) is 0 Å². The molecule has 0 spiro atoms. The summed E-state index contributed by atoms with van der Waals surface area (Å²) in [7, 11) is 2.08. The molecular weight excluding hydrogens is 366 g/mol. The predicted molar refractivity (Wildman–Crippen MR) is 105 cm³/mol. The van der Waals surface area contributed by atoms with E-state index in [0.717, 1.165) is 36.3 Å². The van der Waals surface area contributed by atoms with Crippen LogP contribution in [0, 0.1) is 17.0 Å². The number of hydrogen-bond donors (Lipinski definition) is 0. The molecule has 0 aromatic heterocycles. The Kier molecular flexibility index (Phi) is 4.40. The third-order valence-corrected chi connectivity index (χ3v) is 5.79. The first-order valence-electron chi connectivity index (χ1n) is 8.93. The van der Waals surface area contributed by atoms with E-state index in [1.165, 1.54) is 18.2 Å². The maximum absolute atomic E-state index is 13.5. The molecular formula is C20H20ClN3O3. The van der Waals surface area contributed by atoms with E-state index in [-0.39, 0.29) is 29.1 Å². The first-order chi connectivity index (χ1) is 12.9. The molecule has 1 saturated heterocycles. The number of hydrogen-bond acceptors (Lipinski definition) is 4. The Morgan fingerprint density at radius 3 is 2.78 bits per heavy atom. The molecule has 1 fully saturated rings. The van der Waals surface area contributed by atoms with Crippen LogP contribution in [-0.4, -0.2) is 41.9 Å². The van der Waals surface area contributed by atoms with Crippen molar-refractivity contribution in [3.63, 3.8) is 0 Å². The molecule has 6 nitrogen and oxygen atoms in total. The van der Waals surface area contributed by atoms with Crippen LogP contribution < -0.4 is 4.90 Å². The van der Waals surface area contributed by atoms with E-state index >= 15 is 0 Å². The topological polar surface area (TPSA) is 66.7 Å². The SMILES string of the molecule is Cc1ccc2c(c1)C1CN(C)CCC1N2C(=O)c1cc(Cl)ccc1[N+](=O)[O-]. The van der Waals surface area contributed by atoms with E-state index in [0.29, 0.717) is 5.02 Å². The summed E-state index contributed by atoms with van der Waals surface area (Å²) in [4.78, 5) is 28.4. The molecule has 7 heteroatoms. The Balaban J connectivity index is 1.83. The van der Waals surface area contributed by atoms with Crippen LogP contribution in [0.25, 0.3) is 0 Å². The van der Waals surface area contributed by atoms with Crippen molar-refractivity contribution >= 4 is 28.9 Å². The van der Waals surface area contributed by atoms with E-state index in [4.69, 9.17) is 11.6 Å². The molecule has 0 N–H and O–H groups in total. The summed E-state index contributed by atoms with van der Waals surface area (Å²) in [6.07, 6.45) is 0.828. The summed E-state index contributed by atoms with van der Waals surface area (Å²) in [6, 6.07) is 10.2. The fourth-order valence-electron chi connectivity index (χ4n) is 4.31. The predicted octanol–water partition coefficient (Wildman–Crippen LogP) is 4.00. The number of likely N-dealkylation sites (tertiary alicyclic amines) is 1. The van der Waals surface area contributed by atoms with Crippen molar-refractivity contribution in [1.29, 1.82) is 0 Å². The summed E-state index contributed by atoms with van der Waals surface area (Å²) < 4.78 is 0. The number of anilines is 1. The second-order valence-corrected chi connectivity index (χ2v) is 7.82. The van der Waals surface area contributed by atoms with Crippen molar-refractivity contribution in [2.24, 2.45) is 0 Å². The number of halogens is 1. The average molecular weight is 386 g/mol. The molecule has 1 amide bonds. The monoisotopic (exact) mass is 385 g/mol. The largest absolute Gasteiger partial charge is 0.306 e. The van der Waals surface area contributed by atoms with Gasteiger partial charge in [0, 0.05) is 35.3 Å². The molecule has 2 aromatic carbocycles. The van der Waals surface area contributed by atoms with Crippen LogP contribution in [0.15, 0.2) is 36.4 Å². The Morgan fingerprint density at radius 2 is 2.04 bits per heavy atom. The van der Waals surface area contributed by atoms with Gasteiger partial charge in [-0.1, -0.05) is 29.3 Å². The number of piperidine rings is 1. The first kappa shape index (κ1) is 17.9. The molecule has 2 atom stereocenters. The highest BCUT2D eigenvalue weighted by atomic mass is 35.5. The smallest absolute Gasteiger partial charge is 0.282 e. The van der Waals surface area contributed by atoms with Crippen LogP contribution >= 0.6 is 11.6 Å². The fraction of sp³-hybridized carbons (Fsp3) is 0.350. The first-order valence-corrected chi connectivity index (χ1v) is 9.31. The van der Waals surface area contributed by atoms with Gasteiger partial charge >= 0.3 is 0 Å². The summed E-state index contributed by atoms with van der Waals surface area (Å²) in [6.45, 7) is 3.78. The Bertz CT molecular complexity index is 946. The molecule has 2 aliphatic rings. The zero-order chi connectivity index (χ0) is 19.3. The van der Waals surface area contributed by atoms with E-state index in [9.17, 15) is 14.9 Å². The summed E-state index contributed by atoms with van der Waals surface area (Å²) in [5.41, 5.74) is 2.96. The van der Waals surface area contributed by atoms with Crippen molar-refractivity contribution in [1.82, 2.24) is 4.90 Å². The number of nitrogens with zero attached hydrogens (tertiary/aromatic N) is 3. The molecule has 2 aromatic rings. The molecule has 2 aliphatic heterocycles. The molecule has 0 bridgehead atoms. The molecule has 140 valence electrons. The third kappa shape index (κ3) is 2.99. The van der Waals surface area contributed by atoms with Crippen LogP contribution in [0.1, 0.15) is 33.8 Å². The Labute approximate surface area is 162 Å². The molecule has 0 aliphatic carbocycles. The van der Waals surface area contributed by atoms with Gasteiger partial charge in [-0.05, 0) is 50.7 Å². The molecule has 4 rings (SSSR count). The minimum atomic E-state index is -0.526. The van der Waals surface area contributed by atoms with Gasteiger partial charge in [0.15, 0.2) is 0 Å². The van der Waals surface area contributed by atoms with Crippen LogP contribution in [0.2, 0.25) is 5.02 Å². The van der Waals surface area contributed by atoms with Gasteiger partial charge in [0.1, 0.15) is 5.56 Å². The van der Waals surface area contributed by atoms with Gasteiger partial charge in [0.05, 0.1) is 4.92 Å². The molecule has 0 radical (unpaired) electrons. The highest BCUT2D eigenvalue weighted by Gasteiger charge is 2.45. The highest BCUT2D eigenvalue weighted by molar-refractivity contribution is 6.31. The molecule has 2 unspecified atom stereocenters. The fourth-order valence-corrected chi connectivity index (χ4v) is 4.49. The van der Waals surface area contributed by atoms with E-state index in [2.05, 4.69) is 18.0 Å². The summed E-state index contributed by atoms with van der Waals surface area (Å²) >= 11 is 6.05. The van der Waals surface area contributed by atoms with Crippen molar-refractivity contribution in [2.45, 2.75) is 25.3 Å². The Morgan fingerprint density at radius 1 is 1.26 bits per heavy atom. The van der Waals surface area contributed by atoms with Crippen molar-refractivity contribution in [2.75, 3.05) is 25.0 Å². The van der Waals surface area contributed by atoms with Crippen molar-refractivity contribution < 1.29 is 9.72 Å². The minimum Gasteiger partial charge on any atom is -0.306 e. The van der Waals surface area contributed by atoms with Gasteiger partial charge in [-0.2, -0.15) is 0 Å². The van der Waals surface area contributed by atoms with Gasteiger partial charge < -0.3 is 9.80 Å². The zero-order valence-corrected chi connectivity index (χ0v) is 15.9. The summed E-state index contributed by atoms with van der Waals surface area (Å²) in [5.74, 6) is -0.146. The number of rotatable bonds is 2. The van der Waals surface area contributed by atoms with E-state index in [1.807, 2.05) is 19.1 Å². The van der Waals surface area contributed by atoms with Crippen LogP contribution in [-0.2, 0) is 0 Å². The quantitative estimate of drug-likeness (QED) is 0.578. The van der Waals surface area contributed by atoms with Gasteiger partial charge in [-0.3, -0.25) is 14.9 Å². The number of carbonyl (C=O) groups is 1. The second-order valence-electron chi connectivity index (χ2n) is 7.38. The van der Waals surface area contributed by atoms with Crippen LogP contribution in [0.3, 0.4) is 0 Å². The second kappa shape index (κ2) is 6.62. The number of nitro groups is 1. The molecule has 2 heterocycles. The number of nitro benzene ring substituents is 1. The zero-order valence-electron chi connectivity index (χ0n) is 15.2. The highest BCUT2D eigenvalue weighted by Crippen LogP contribution is 2.46. The standard InChI is InChI=1S/C20H20ClN3O3/c1-12-3-5-17-14(9-12)16-11-22(2)8-7-18(16)23(17)20(25)15-10-13(21)4-6-19(15)24(26)27/h3-6,9-10,16,18H,7-8,11H2,1-2H3. The van der Waals surface area contributed by atoms with Crippen LogP contribution in [0.4, 0.5) is 11.4 Å². The maximum atomic E-state index is 13.5. The lowest BCUT2D eigenvalue weighted by molar-refractivity contribution is -0.385. The lowest BCUT2D eigenvalue weighted by Crippen LogP contribution is -2.47.